The zero-order valence-corrected chi connectivity index (χ0v) is 11.6. The van der Waals surface area contributed by atoms with Gasteiger partial charge in [-0.05, 0) is 12.1 Å². The van der Waals surface area contributed by atoms with Crippen molar-refractivity contribution in [3.05, 3.63) is 30.0 Å². The molecule has 0 amide bonds. The van der Waals surface area contributed by atoms with Gasteiger partial charge in [0.05, 0.1) is 19.9 Å². The summed E-state index contributed by atoms with van der Waals surface area (Å²) < 4.78 is 47.7. The summed E-state index contributed by atoms with van der Waals surface area (Å²) >= 11 is 0. The Bertz CT molecular complexity index is 677. The summed E-state index contributed by atoms with van der Waals surface area (Å²) in [4.78, 5) is 6.92. The largest absolute Gasteiger partial charge is 0.497 e. The number of nitrogens with one attached hydrogen (secondary N) is 1. The van der Waals surface area contributed by atoms with E-state index in [4.69, 9.17) is 9.47 Å². The van der Waals surface area contributed by atoms with Crippen LogP contribution in [-0.4, -0.2) is 29.3 Å². The first-order valence-corrected chi connectivity index (χ1v) is 5.97. The van der Waals surface area contributed by atoms with Crippen molar-refractivity contribution >= 4 is 11.6 Å². The fourth-order valence-corrected chi connectivity index (χ4v) is 1.67. The number of aromatic hydroxyl groups is 1. The minimum absolute atomic E-state index is 0.211. The molecule has 2 N–H and O–H groups in total. The Morgan fingerprint density at radius 2 is 1.91 bits per heavy atom. The van der Waals surface area contributed by atoms with Crippen molar-refractivity contribution in [1.82, 2.24) is 9.97 Å². The predicted octanol–water partition coefficient (Wildman–Crippen LogP) is 2.96. The summed E-state index contributed by atoms with van der Waals surface area (Å²) in [5.41, 5.74) is -0.934. The van der Waals surface area contributed by atoms with E-state index in [1.54, 1.807) is 18.2 Å². The molecule has 1 heterocycles. The summed E-state index contributed by atoms with van der Waals surface area (Å²) in [6, 6.07) is 4.80. The fourth-order valence-electron chi connectivity index (χ4n) is 1.67. The highest BCUT2D eigenvalue weighted by Gasteiger charge is 2.35. The van der Waals surface area contributed by atoms with Crippen LogP contribution in [-0.2, 0) is 6.18 Å². The van der Waals surface area contributed by atoms with Crippen LogP contribution in [0, 0.1) is 0 Å². The average molecular weight is 315 g/mol. The molecule has 2 aromatic rings. The van der Waals surface area contributed by atoms with Crippen LogP contribution in [0.15, 0.2) is 24.4 Å². The lowest BCUT2D eigenvalue weighted by Crippen LogP contribution is -2.08. The zero-order valence-electron chi connectivity index (χ0n) is 11.6. The maximum atomic E-state index is 12.5. The SMILES string of the molecule is COc1ccc(OC)c(Nc2ncc(C(F)(F)F)c(O)n2)c1. The van der Waals surface area contributed by atoms with Crippen molar-refractivity contribution in [2.75, 3.05) is 19.5 Å². The first-order chi connectivity index (χ1) is 10.3. The summed E-state index contributed by atoms with van der Waals surface area (Å²) in [7, 11) is 2.89. The molecular weight excluding hydrogens is 303 g/mol. The quantitative estimate of drug-likeness (QED) is 0.903. The van der Waals surface area contributed by atoms with Gasteiger partial charge in [0, 0.05) is 12.3 Å². The molecule has 1 aromatic carbocycles. The molecule has 0 aliphatic carbocycles. The number of anilines is 2. The number of aromatic nitrogens is 2. The maximum Gasteiger partial charge on any atom is 0.423 e. The summed E-state index contributed by atoms with van der Waals surface area (Å²) in [6.45, 7) is 0. The lowest BCUT2D eigenvalue weighted by Gasteiger charge is -2.13. The molecular formula is C13H12F3N3O3. The van der Waals surface area contributed by atoms with Crippen LogP contribution in [0.3, 0.4) is 0 Å². The van der Waals surface area contributed by atoms with Gasteiger partial charge in [-0.15, -0.1) is 0 Å². The molecule has 0 fully saturated rings. The molecule has 0 saturated carbocycles. The highest BCUT2D eigenvalue weighted by Crippen LogP contribution is 2.35. The van der Waals surface area contributed by atoms with Crippen LogP contribution < -0.4 is 14.8 Å². The molecule has 6 nitrogen and oxygen atoms in total. The minimum atomic E-state index is -4.73. The van der Waals surface area contributed by atoms with Gasteiger partial charge in [0.2, 0.25) is 11.8 Å². The van der Waals surface area contributed by atoms with Crippen LogP contribution in [0.1, 0.15) is 5.56 Å². The Labute approximate surface area is 123 Å². The number of halogens is 3. The normalized spacial score (nSPS) is 11.1. The second-order valence-electron chi connectivity index (χ2n) is 4.12. The maximum absolute atomic E-state index is 12.5. The molecule has 0 unspecified atom stereocenters. The Kier molecular flexibility index (Phi) is 4.25. The van der Waals surface area contributed by atoms with Gasteiger partial charge in [0.15, 0.2) is 0 Å². The smallest absolute Gasteiger partial charge is 0.423 e. The molecule has 22 heavy (non-hydrogen) atoms. The van der Waals surface area contributed by atoms with E-state index in [9.17, 15) is 18.3 Å². The van der Waals surface area contributed by atoms with Gasteiger partial charge < -0.3 is 19.9 Å². The van der Waals surface area contributed by atoms with Crippen molar-refractivity contribution in [2.24, 2.45) is 0 Å². The van der Waals surface area contributed by atoms with Crippen LogP contribution in [0.25, 0.3) is 0 Å². The minimum Gasteiger partial charge on any atom is -0.497 e. The Hall–Kier alpha value is -2.71. The molecule has 1 aromatic heterocycles. The van der Waals surface area contributed by atoms with Crippen molar-refractivity contribution in [2.45, 2.75) is 6.18 Å². The van der Waals surface area contributed by atoms with Crippen molar-refractivity contribution < 1.29 is 27.8 Å². The van der Waals surface area contributed by atoms with Gasteiger partial charge in [0.25, 0.3) is 0 Å². The van der Waals surface area contributed by atoms with Crippen LogP contribution >= 0.6 is 0 Å². The number of hydrogen-bond donors (Lipinski definition) is 2. The monoisotopic (exact) mass is 315 g/mol. The Morgan fingerprint density at radius 1 is 1.18 bits per heavy atom. The van der Waals surface area contributed by atoms with Gasteiger partial charge in [0.1, 0.15) is 17.1 Å². The molecule has 0 aliphatic heterocycles. The van der Waals surface area contributed by atoms with E-state index in [0.29, 0.717) is 23.4 Å². The average Bonchev–Trinajstić information content (AvgIpc) is 2.45. The zero-order chi connectivity index (χ0) is 16.3. The topological polar surface area (TPSA) is 76.5 Å². The van der Waals surface area contributed by atoms with E-state index in [-0.39, 0.29) is 5.95 Å². The standard InChI is InChI=1S/C13H12F3N3O3/c1-21-7-3-4-10(22-2)9(5-7)18-12-17-6-8(11(20)19-12)13(14,15)16/h3-6H,1-2H3,(H2,17,18,19,20). The van der Waals surface area contributed by atoms with Gasteiger partial charge >= 0.3 is 6.18 Å². The van der Waals surface area contributed by atoms with Crippen molar-refractivity contribution in [3.8, 4) is 17.4 Å². The number of benzene rings is 1. The number of alkyl halides is 3. The predicted molar refractivity (Wildman–Crippen MR) is 71.5 cm³/mol. The lowest BCUT2D eigenvalue weighted by molar-refractivity contribution is -0.139. The number of nitrogens with zero attached hydrogens (tertiary/aromatic N) is 2. The molecule has 9 heteroatoms. The molecule has 0 saturated heterocycles. The fraction of sp³-hybridized carbons (Fsp3) is 0.231. The van der Waals surface area contributed by atoms with Crippen molar-refractivity contribution in [1.29, 1.82) is 0 Å². The third kappa shape index (κ3) is 3.30. The third-order valence-corrected chi connectivity index (χ3v) is 2.73. The van der Waals surface area contributed by atoms with Crippen LogP contribution in [0.4, 0.5) is 24.8 Å². The van der Waals surface area contributed by atoms with Gasteiger partial charge in [-0.2, -0.15) is 18.2 Å². The Morgan fingerprint density at radius 3 is 2.45 bits per heavy atom. The van der Waals surface area contributed by atoms with Gasteiger partial charge in [-0.3, -0.25) is 0 Å². The second kappa shape index (κ2) is 5.96. The van der Waals surface area contributed by atoms with E-state index >= 15 is 0 Å². The first kappa shape index (κ1) is 15.7. The first-order valence-electron chi connectivity index (χ1n) is 5.97. The molecule has 0 radical (unpaired) electrons. The highest BCUT2D eigenvalue weighted by atomic mass is 19.4. The summed E-state index contributed by atoms with van der Waals surface area (Å²) in [5, 5.41) is 12.0. The molecule has 0 atom stereocenters. The van der Waals surface area contributed by atoms with Crippen LogP contribution in [0.5, 0.6) is 17.4 Å². The Balaban J connectivity index is 2.33. The number of hydrogen-bond acceptors (Lipinski definition) is 6. The van der Waals surface area contributed by atoms with E-state index < -0.39 is 17.6 Å². The second-order valence-corrected chi connectivity index (χ2v) is 4.12. The van der Waals surface area contributed by atoms with E-state index in [0.717, 1.165) is 0 Å². The number of rotatable bonds is 4. The van der Waals surface area contributed by atoms with E-state index in [1.807, 2.05) is 0 Å². The third-order valence-electron chi connectivity index (χ3n) is 2.73. The molecule has 0 bridgehead atoms. The van der Waals surface area contributed by atoms with Crippen LogP contribution in [0.2, 0.25) is 0 Å². The molecule has 0 aliphatic rings. The molecule has 0 spiro atoms. The molecule has 2 rings (SSSR count). The van der Waals surface area contributed by atoms with E-state index in [1.165, 1.54) is 14.2 Å². The van der Waals surface area contributed by atoms with Gasteiger partial charge in [-0.25, -0.2) is 4.98 Å². The number of ether oxygens (including phenoxy) is 2. The highest BCUT2D eigenvalue weighted by molar-refractivity contribution is 5.65. The molecule has 118 valence electrons. The lowest BCUT2D eigenvalue weighted by atomic mass is 10.2. The van der Waals surface area contributed by atoms with Crippen molar-refractivity contribution in [3.63, 3.8) is 0 Å². The van der Waals surface area contributed by atoms with E-state index in [2.05, 4.69) is 15.3 Å². The van der Waals surface area contributed by atoms with Gasteiger partial charge in [-0.1, -0.05) is 0 Å². The summed E-state index contributed by atoms with van der Waals surface area (Å²) in [6.07, 6.45) is -4.23. The number of methoxy groups -OCH3 is 2. The summed E-state index contributed by atoms with van der Waals surface area (Å²) in [5.74, 6) is -0.466.